The highest BCUT2D eigenvalue weighted by atomic mass is 16.2. The van der Waals surface area contributed by atoms with E-state index in [0.717, 1.165) is 25.9 Å². The van der Waals surface area contributed by atoms with Crippen molar-refractivity contribution < 1.29 is 4.79 Å². The molecule has 0 aliphatic carbocycles. The quantitative estimate of drug-likeness (QED) is 0.532. The van der Waals surface area contributed by atoms with Crippen LogP contribution in [-0.4, -0.2) is 42.4 Å². The van der Waals surface area contributed by atoms with Crippen molar-refractivity contribution >= 4 is 11.9 Å². The summed E-state index contributed by atoms with van der Waals surface area (Å²) in [4.78, 5) is 16.9. The fourth-order valence-corrected chi connectivity index (χ4v) is 2.09. The second-order valence-corrected chi connectivity index (χ2v) is 3.85. The highest BCUT2D eigenvalue weighted by molar-refractivity contribution is 6.06. The van der Waals surface area contributed by atoms with Gasteiger partial charge in [0.05, 0.1) is 0 Å². The monoisotopic (exact) mass is 182 g/mol. The van der Waals surface area contributed by atoms with Gasteiger partial charge in [0.15, 0.2) is 0 Å². The molecule has 2 aliphatic heterocycles. The predicted octanol–water partition coefficient (Wildman–Crippen LogP) is -0.469. The number of aliphatic imine (C=N–C) groups is 1. The molecule has 2 amide bonds. The first-order valence-corrected chi connectivity index (χ1v) is 4.48. The molecule has 2 rings (SSSR count). The van der Waals surface area contributed by atoms with Crippen LogP contribution < -0.4 is 11.1 Å². The fraction of sp³-hybridized carbons (Fsp3) is 0.750. The molecule has 5 heteroatoms. The maximum atomic E-state index is 11.0. The average molecular weight is 182 g/mol. The van der Waals surface area contributed by atoms with Gasteiger partial charge in [-0.15, -0.1) is 0 Å². The highest BCUT2D eigenvalue weighted by Crippen LogP contribution is 2.23. The number of nitrogens with zero attached hydrogens (tertiary/aromatic N) is 2. The lowest BCUT2D eigenvalue weighted by molar-refractivity contribution is 0.196. The molecule has 5 nitrogen and oxygen atoms in total. The molecule has 0 aromatic rings. The molecule has 0 radical (unpaired) electrons. The number of nitrogens with two attached hydrogens (primary N) is 1. The van der Waals surface area contributed by atoms with Crippen molar-refractivity contribution in [2.75, 3.05) is 20.1 Å². The average Bonchev–Trinajstić information content (AvgIpc) is 2.26. The van der Waals surface area contributed by atoms with Crippen molar-refractivity contribution in [3.8, 4) is 0 Å². The summed E-state index contributed by atoms with van der Waals surface area (Å²) in [7, 11) is 2.03. The number of carbonyl (C=O) groups is 1. The van der Waals surface area contributed by atoms with Gasteiger partial charge in [-0.1, -0.05) is 0 Å². The van der Waals surface area contributed by atoms with Gasteiger partial charge in [0.1, 0.15) is 11.4 Å². The van der Waals surface area contributed by atoms with Gasteiger partial charge in [0.25, 0.3) is 0 Å². The van der Waals surface area contributed by atoms with E-state index >= 15 is 0 Å². The van der Waals surface area contributed by atoms with Crippen LogP contribution in [0.5, 0.6) is 0 Å². The third-order valence-electron chi connectivity index (χ3n) is 2.74. The van der Waals surface area contributed by atoms with Crippen LogP contribution in [0.1, 0.15) is 12.8 Å². The number of amides is 2. The minimum absolute atomic E-state index is 0.298. The lowest BCUT2D eigenvalue weighted by Gasteiger charge is -2.37. The Kier molecular flexibility index (Phi) is 1.76. The molecule has 2 heterocycles. The van der Waals surface area contributed by atoms with E-state index in [2.05, 4.69) is 15.2 Å². The second kappa shape index (κ2) is 2.70. The predicted molar refractivity (Wildman–Crippen MR) is 49.6 cm³/mol. The number of nitrogens with one attached hydrogen (secondary N) is 1. The van der Waals surface area contributed by atoms with Crippen LogP contribution >= 0.6 is 0 Å². The summed E-state index contributed by atoms with van der Waals surface area (Å²) in [5.41, 5.74) is 5.37. The van der Waals surface area contributed by atoms with E-state index in [4.69, 9.17) is 5.73 Å². The molecule has 3 N–H and O–H groups in total. The van der Waals surface area contributed by atoms with Crippen molar-refractivity contribution in [3.63, 3.8) is 0 Å². The van der Waals surface area contributed by atoms with E-state index in [-0.39, 0.29) is 11.6 Å². The van der Waals surface area contributed by atoms with Crippen LogP contribution in [0.2, 0.25) is 0 Å². The number of likely N-dealkylation sites (N-methyl/N-ethyl adjacent to an activating group) is 1. The molecule has 0 aromatic heterocycles. The molecule has 0 bridgehead atoms. The lowest BCUT2D eigenvalue weighted by atomic mass is 9.89. The first-order chi connectivity index (χ1) is 6.12. The van der Waals surface area contributed by atoms with Crippen molar-refractivity contribution in [1.29, 1.82) is 0 Å². The zero-order valence-electron chi connectivity index (χ0n) is 7.71. The molecule has 1 atom stereocenters. The van der Waals surface area contributed by atoms with Gasteiger partial charge in [-0.25, -0.2) is 4.79 Å². The van der Waals surface area contributed by atoms with Gasteiger partial charge in [-0.3, -0.25) is 0 Å². The summed E-state index contributed by atoms with van der Waals surface area (Å²) in [5.74, 6) is 0.448. The maximum absolute atomic E-state index is 11.0. The Balaban J connectivity index is 2.21. The third kappa shape index (κ3) is 1.29. The van der Waals surface area contributed by atoms with Crippen LogP contribution in [0.3, 0.4) is 0 Å². The number of amidine groups is 1. The summed E-state index contributed by atoms with van der Waals surface area (Å²) in [6.45, 7) is 1.83. The number of likely N-dealkylation sites (tertiary alicyclic amines) is 1. The Labute approximate surface area is 77.0 Å². The van der Waals surface area contributed by atoms with Crippen LogP contribution in [-0.2, 0) is 0 Å². The number of carbonyl (C=O) groups excluding carboxylic acids is 1. The van der Waals surface area contributed by atoms with Gasteiger partial charge in [0.2, 0.25) is 0 Å². The first-order valence-electron chi connectivity index (χ1n) is 4.48. The van der Waals surface area contributed by atoms with E-state index in [9.17, 15) is 4.79 Å². The summed E-state index contributed by atoms with van der Waals surface area (Å²) in [5, 5.41) is 2.84. The smallest absolute Gasteiger partial charge is 0.343 e. The summed E-state index contributed by atoms with van der Waals surface area (Å²) in [6, 6.07) is -0.298. The van der Waals surface area contributed by atoms with Gasteiger partial charge in [-0.05, 0) is 26.4 Å². The minimum atomic E-state index is -0.371. The maximum Gasteiger partial charge on any atom is 0.343 e. The van der Waals surface area contributed by atoms with Crippen molar-refractivity contribution in [2.45, 2.75) is 18.4 Å². The Morgan fingerprint density at radius 1 is 1.69 bits per heavy atom. The zero-order valence-corrected chi connectivity index (χ0v) is 7.71. The molecular formula is C8H14N4O. The SMILES string of the molecule is CN1CCCC2(C1)NC(=O)N=C2N. The van der Waals surface area contributed by atoms with Crippen LogP contribution in [0.25, 0.3) is 0 Å². The lowest BCUT2D eigenvalue weighted by Crippen LogP contribution is -2.60. The number of hydrogen-bond acceptors (Lipinski definition) is 3. The van der Waals surface area contributed by atoms with Crippen molar-refractivity contribution in [1.82, 2.24) is 10.2 Å². The van der Waals surface area contributed by atoms with Gasteiger partial charge < -0.3 is 16.0 Å². The van der Waals surface area contributed by atoms with Crippen molar-refractivity contribution in [3.05, 3.63) is 0 Å². The topological polar surface area (TPSA) is 70.7 Å². The Hall–Kier alpha value is -1.10. The van der Waals surface area contributed by atoms with E-state index < -0.39 is 0 Å². The van der Waals surface area contributed by atoms with Crippen LogP contribution in [0.15, 0.2) is 4.99 Å². The fourth-order valence-electron chi connectivity index (χ4n) is 2.09. The standard InChI is InChI=1S/C8H14N4O/c1-12-4-2-3-8(5-12)6(9)10-7(13)11-8/h2-5H2,1H3,(H3,9,10,11,13). The number of hydrogen-bond donors (Lipinski definition) is 2. The summed E-state index contributed by atoms with van der Waals surface area (Å²) < 4.78 is 0. The Bertz CT molecular complexity index is 275. The summed E-state index contributed by atoms with van der Waals surface area (Å²) in [6.07, 6.45) is 1.95. The van der Waals surface area contributed by atoms with E-state index in [1.54, 1.807) is 0 Å². The number of piperidine rings is 1. The van der Waals surface area contributed by atoms with E-state index in [1.165, 1.54) is 0 Å². The first kappa shape index (κ1) is 8.50. The largest absolute Gasteiger partial charge is 0.385 e. The highest BCUT2D eigenvalue weighted by Gasteiger charge is 2.43. The third-order valence-corrected chi connectivity index (χ3v) is 2.74. The molecule has 1 fully saturated rings. The minimum Gasteiger partial charge on any atom is -0.385 e. The number of urea groups is 1. The van der Waals surface area contributed by atoms with Crippen LogP contribution in [0.4, 0.5) is 4.79 Å². The number of rotatable bonds is 0. The normalized spacial score (nSPS) is 34.8. The van der Waals surface area contributed by atoms with Gasteiger partial charge >= 0.3 is 6.03 Å². The molecule has 1 saturated heterocycles. The Morgan fingerprint density at radius 3 is 3.00 bits per heavy atom. The van der Waals surface area contributed by atoms with Gasteiger partial charge in [0, 0.05) is 6.54 Å². The summed E-state index contributed by atoms with van der Waals surface area (Å²) >= 11 is 0. The van der Waals surface area contributed by atoms with E-state index in [1.807, 2.05) is 7.05 Å². The van der Waals surface area contributed by atoms with E-state index in [0.29, 0.717) is 5.84 Å². The van der Waals surface area contributed by atoms with Crippen LogP contribution in [0, 0.1) is 0 Å². The Morgan fingerprint density at radius 2 is 2.46 bits per heavy atom. The molecule has 1 unspecified atom stereocenters. The molecular weight excluding hydrogens is 168 g/mol. The van der Waals surface area contributed by atoms with Crippen molar-refractivity contribution in [2.24, 2.45) is 10.7 Å². The molecule has 72 valence electrons. The molecule has 0 aromatic carbocycles. The molecule has 13 heavy (non-hydrogen) atoms. The second-order valence-electron chi connectivity index (χ2n) is 3.85. The molecule has 1 spiro atoms. The molecule has 2 aliphatic rings. The molecule has 0 saturated carbocycles. The zero-order chi connectivity index (χ0) is 9.47. The van der Waals surface area contributed by atoms with Gasteiger partial charge in [-0.2, -0.15) is 4.99 Å².